The predicted octanol–water partition coefficient (Wildman–Crippen LogP) is 3.27. The van der Waals surface area contributed by atoms with Crippen LogP contribution >= 0.6 is 23.2 Å². The molecule has 39 heavy (non-hydrogen) atoms. The highest BCUT2D eigenvalue weighted by Crippen LogP contribution is 2.29. The van der Waals surface area contributed by atoms with Crippen LogP contribution in [-0.2, 0) is 11.2 Å². The summed E-state index contributed by atoms with van der Waals surface area (Å²) in [5, 5.41) is 15.7. The Morgan fingerprint density at radius 1 is 1.08 bits per heavy atom. The van der Waals surface area contributed by atoms with E-state index in [0.717, 1.165) is 19.5 Å². The molecule has 0 spiro atoms. The summed E-state index contributed by atoms with van der Waals surface area (Å²) in [4.78, 5) is 57.6. The van der Waals surface area contributed by atoms with Crippen molar-refractivity contribution < 1.29 is 14.7 Å². The van der Waals surface area contributed by atoms with Crippen molar-refractivity contribution in [1.82, 2.24) is 9.88 Å². The monoisotopic (exact) mass is 573 g/mol. The van der Waals surface area contributed by atoms with Crippen molar-refractivity contribution in [3.8, 4) is 0 Å². The Morgan fingerprint density at radius 2 is 1.72 bits per heavy atom. The number of nitrogens with zero attached hydrogens (tertiary/aromatic N) is 3. The molecule has 0 unspecified atom stereocenters. The van der Waals surface area contributed by atoms with Gasteiger partial charge in [-0.05, 0) is 37.2 Å². The number of hydrogen-bond donors (Lipinski definition) is 3. The summed E-state index contributed by atoms with van der Waals surface area (Å²) in [6.07, 6.45) is 3.61. The first-order valence-electron chi connectivity index (χ1n) is 12.6. The summed E-state index contributed by atoms with van der Waals surface area (Å²) >= 11 is 12.1. The van der Waals surface area contributed by atoms with Gasteiger partial charge < -0.3 is 20.6 Å². The number of nitrogens with one attached hydrogen (secondary N) is 2. The van der Waals surface area contributed by atoms with Gasteiger partial charge in [0.1, 0.15) is 17.4 Å². The molecule has 12 heteroatoms. The zero-order valence-electron chi connectivity index (χ0n) is 21.5. The van der Waals surface area contributed by atoms with Gasteiger partial charge in [0.25, 0.3) is 16.8 Å². The van der Waals surface area contributed by atoms with Crippen molar-refractivity contribution in [1.29, 1.82) is 0 Å². The molecule has 0 aliphatic carbocycles. The number of likely N-dealkylation sites (N-methyl/N-ethyl adjacent to an activating group) is 1. The second-order valence-corrected chi connectivity index (χ2v) is 10.2. The van der Waals surface area contributed by atoms with Gasteiger partial charge in [0.2, 0.25) is 0 Å². The number of amides is 1. The van der Waals surface area contributed by atoms with Gasteiger partial charge in [0, 0.05) is 43.5 Å². The van der Waals surface area contributed by atoms with E-state index in [-0.39, 0.29) is 39.6 Å². The Labute approximate surface area is 235 Å². The van der Waals surface area contributed by atoms with E-state index in [9.17, 15) is 24.3 Å². The van der Waals surface area contributed by atoms with Crippen LogP contribution < -0.4 is 26.4 Å². The van der Waals surface area contributed by atoms with Crippen LogP contribution in [0.4, 0.5) is 17.1 Å². The molecule has 1 amide bonds. The summed E-state index contributed by atoms with van der Waals surface area (Å²) < 4.78 is 0. The van der Waals surface area contributed by atoms with E-state index in [1.165, 1.54) is 12.4 Å². The fourth-order valence-electron chi connectivity index (χ4n) is 4.92. The first-order valence-corrected chi connectivity index (χ1v) is 13.4. The maximum atomic E-state index is 12.6. The maximum absolute atomic E-state index is 12.6. The second-order valence-electron chi connectivity index (χ2n) is 9.36. The van der Waals surface area contributed by atoms with Crippen molar-refractivity contribution in [2.45, 2.75) is 38.8 Å². The number of hydrogen-bond acceptors (Lipinski definition) is 8. The lowest BCUT2D eigenvalue weighted by atomic mass is 10.0. The number of carboxylic acid groups (broad SMARTS) is 1. The quantitative estimate of drug-likeness (QED) is 0.295. The van der Waals surface area contributed by atoms with Crippen LogP contribution in [0, 0.1) is 0 Å². The lowest BCUT2D eigenvalue weighted by molar-refractivity contribution is -0.137. The molecular weight excluding hydrogens is 545 g/mol. The van der Waals surface area contributed by atoms with E-state index >= 15 is 0 Å². The molecular formula is C27H29Cl2N5O5. The van der Waals surface area contributed by atoms with Gasteiger partial charge in [0.05, 0.1) is 15.7 Å². The molecule has 1 aliphatic rings. The highest BCUT2D eigenvalue weighted by Gasteiger charge is 2.34. The third-order valence-corrected chi connectivity index (χ3v) is 7.63. The Hall–Kier alpha value is -3.47. The minimum atomic E-state index is -1.17. The van der Waals surface area contributed by atoms with Crippen LogP contribution in [0.3, 0.4) is 0 Å². The Bertz CT molecular complexity index is 1410. The van der Waals surface area contributed by atoms with Crippen LogP contribution in [-0.4, -0.2) is 65.1 Å². The number of carbonyl (C=O) groups is 2. The van der Waals surface area contributed by atoms with Crippen molar-refractivity contribution in [2.24, 2.45) is 0 Å². The SMILES string of the molecule is CCN(CC)[C@H]1CCN(c2c(N[C@@H](Cc3ccc(C(=O)Nc4c(Cl)cncc4Cl)cc3)C(=O)O)c(=O)c2=O)C1. The normalized spacial score (nSPS) is 16.0. The highest BCUT2D eigenvalue weighted by atomic mass is 35.5. The van der Waals surface area contributed by atoms with Crippen molar-refractivity contribution >= 4 is 52.1 Å². The number of rotatable bonds is 11. The molecule has 3 N–H and O–H groups in total. The number of carboxylic acids is 1. The van der Waals surface area contributed by atoms with E-state index in [0.29, 0.717) is 24.2 Å². The second kappa shape index (κ2) is 12.1. The third-order valence-electron chi connectivity index (χ3n) is 7.06. The predicted molar refractivity (Wildman–Crippen MR) is 152 cm³/mol. The van der Waals surface area contributed by atoms with E-state index in [4.69, 9.17) is 23.2 Å². The first kappa shape index (κ1) is 28.5. The number of aliphatic carboxylic acids is 1. The van der Waals surface area contributed by atoms with Crippen LogP contribution in [0.15, 0.2) is 46.2 Å². The first-order chi connectivity index (χ1) is 18.6. The van der Waals surface area contributed by atoms with E-state index in [1.807, 2.05) is 4.90 Å². The molecule has 0 radical (unpaired) electrons. The Balaban J connectivity index is 1.44. The molecule has 2 aromatic carbocycles. The van der Waals surface area contributed by atoms with Crippen molar-refractivity contribution in [2.75, 3.05) is 41.7 Å². The molecule has 10 nitrogen and oxygen atoms in total. The lowest BCUT2D eigenvalue weighted by Crippen LogP contribution is -2.46. The minimum Gasteiger partial charge on any atom is -0.480 e. The summed E-state index contributed by atoms with van der Waals surface area (Å²) in [5.41, 5.74) is 0.187. The summed E-state index contributed by atoms with van der Waals surface area (Å²) in [5.74, 6) is -1.62. The highest BCUT2D eigenvalue weighted by molar-refractivity contribution is 6.39. The van der Waals surface area contributed by atoms with Crippen molar-refractivity contribution in [3.63, 3.8) is 0 Å². The summed E-state index contributed by atoms with van der Waals surface area (Å²) in [7, 11) is 0. The van der Waals surface area contributed by atoms with Crippen LogP contribution in [0.5, 0.6) is 0 Å². The molecule has 0 saturated carbocycles. The van der Waals surface area contributed by atoms with E-state index < -0.39 is 28.8 Å². The molecule has 1 saturated heterocycles. The van der Waals surface area contributed by atoms with Gasteiger partial charge in [-0.3, -0.25) is 24.3 Å². The standard InChI is InChI=1S/C27H29Cl2N5O5/c1-3-33(4-2)17-9-10-34(14-17)23-22(24(35)25(23)36)31-20(27(38)39)11-15-5-7-16(8-6-15)26(37)32-21-18(28)12-30-13-19(21)29/h5-8,12-13,17,20,31H,3-4,9-11,14H2,1-2H3,(H,38,39)(H,30,32,37)/t17-,20-/m0/s1. The van der Waals surface area contributed by atoms with Gasteiger partial charge in [-0.15, -0.1) is 0 Å². The molecule has 1 aliphatic heterocycles. The molecule has 3 aromatic rings. The average Bonchev–Trinajstić information content (AvgIpc) is 3.39. The lowest BCUT2D eigenvalue weighted by Gasteiger charge is -2.28. The number of halogens is 2. The average molecular weight is 574 g/mol. The van der Waals surface area contributed by atoms with Crippen LogP contribution in [0.2, 0.25) is 10.0 Å². The van der Waals surface area contributed by atoms with Gasteiger partial charge in [-0.1, -0.05) is 49.2 Å². The molecule has 1 fully saturated rings. The number of pyridine rings is 1. The van der Waals surface area contributed by atoms with Gasteiger partial charge in [-0.2, -0.15) is 0 Å². The minimum absolute atomic E-state index is 0.0273. The van der Waals surface area contributed by atoms with Crippen molar-refractivity contribution in [3.05, 3.63) is 78.3 Å². The molecule has 1 aromatic heterocycles. The fraction of sp³-hybridized carbons (Fsp3) is 0.370. The Kier molecular flexibility index (Phi) is 8.89. The zero-order valence-corrected chi connectivity index (χ0v) is 23.1. The fourth-order valence-corrected chi connectivity index (χ4v) is 5.38. The van der Waals surface area contributed by atoms with Crippen LogP contribution in [0.1, 0.15) is 36.2 Å². The number of carbonyl (C=O) groups excluding carboxylic acids is 1. The number of aromatic nitrogens is 1. The van der Waals surface area contributed by atoms with E-state index in [2.05, 4.69) is 34.4 Å². The van der Waals surface area contributed by atoms with Crippen LogP contribution in [0.25, 0.3) is 0 Å². The summed E-state index contributed by atoms with van der Waals surface area (Å²) in [6.45, 7) is 7.17. The number of anilines is 3. The van der Waals surface area contributed by atoms with Gasteiger partial charge in [-0.25, -0.2) is 4.79 Å². The largest absolute Gasteiger partial charge is 0.480 e. The van der Waals surface area contributed by atoms with Gasteiger partial charge in [0.15, 0.2) is 0 Å². The molecule has 206 valence electrons. The summed E-state index contributed by atoms with van der Waals surface area (Å²) in [6, 6.07) is 5.47. The third kappa shape index (κ3) is 6.08. The molecule has 2 heterocycles. The molecule has 0 bridgehead atoms. The topological polar surface area (TPSA) is 132 Å². The zero-order chi connectivity index (χ0) is 28.3. The van der Waals surface area contributed by atoms with Gasteiger partial charge >= 0.3 is 5.97 Å². The Morgan fingerprint density at radius 3 is 2.31 bits per heavy atom. The molecule has 4 rings (SSSR count). The number of benzene rings is 1. The maximum Gasteiger partial charge on any atom is 0.326 e. The molecule has 2 atom stereocenters. The van der Waals surface area contributed by atoms with E-state index in [1.54, 1.807) is 24.3 Å². The smallest absolute Gasteiger partial charge is 0.326 e.